The van der Waals surface area contributed by atoms with E-state index in [9.17, 15) is 14.9 Å². The Morgan fingerprint density at radius 2 is 1.93 bits per heavy atom. The summed E-state index contributed by atoms with van der Waals surface area (Å²) in [6.07, 6.45) is 0.591. The van der Waals surface area contributed by atoms with E-state index in [1.807, 2.05) is 6.07 Å². The minimum absolute atomic E-state index is 0.0899. The van der Waals surface area contributed by atoms with Gasteiger partial charge in [-0.15, -0.1) is 0 Å². The Kier molecular flexibility index (Phi) is 6.31. The molecule has 0 spiro atoms. The lowest BCUT2D eigenvalue weighted by Crippen LogP contribution is -2.23. The Morgan fingerprint density at radius 1 is 1.33 bits per heavy atom. The summed E-state index contributed by atoms with van der Waals surface area (Å²) < 4.78 is 16.0. The molecule has 0 amide bonds. The highest BCUT2D eigenvalue weighted by molar-refractivity contribution is 7.98. The van der Waals surface area contributed by atoms with Gasteiger partial charge < -0.3 is 24.3 Å². The number of nitrogens with zero attached hydrogens (tertiary/aromatic N) is 2. The summed E-state index contributed by atoms with van der Waals surface area (Å²) in [5.41, 5.74) is -0.189. The van der Waals surface area contributed by atoms with Crippen molar-refractivity contribution in [1.29, 1.82) is 5.26 Å². The zero-order chi connectivity index (χ0) is 20.1. The summed E-state index contributed by atoms with van der Waals surface area (Å²) in [6.45, 7) is 1.37. The molecule has 1 unspecified atom stereocenters. The van der Waals surface area contributed by atoms with Gasteiger partial charge in [-0.2, -0.15) is 5.26 Å². The Balaban J connectivity index is 2.71. The van der Waals surface area contributed by atoms with Crippen molar-refractivity contribution in [2.45, 2.75) is 18.2 Å². The fourth-order valence-corrected chi connectivity index (χ4v) is 2.60. The highest BCUT2D eigenvalue weighted by Gasteiger charge is 2.23. The summed E-state index contributed by atoms with van der Waals surface area (Å²) >= 11 is 1.22. The zero-order valence-electron chi connectivity index (χ0n) is 15.0. The second kappa shape index (κ2) is 8.46. The van der Waals surface area contributed by atoms with Gasteiger partial charge in [0.25, 0.3) is 5.56 Å². The predicted octanol–water partition coefficient (Wildman–Crippen LogP) is 1.90. The third kappa shape index (κ3) is 4.15. The van der Waals surface area contributed by atoms with Crippen LogP contribution in [0.5, 0.6) is 17.2 Å². The molecule has 0 fully saturated rings. The van der Waals surface area contributed by atoms with Crippen LogP contribution in [-0.2, 0) is 4.79 Å². The molecule has 0 aliphatic heterocycles. The first-order valence-electron chi connectivity index (χ1n) is 7.60. The minimum Gasteiger partial charge on any atom is -0.493 e. The lowest BCUT2D eigenvalue weighted by molar-refractivity contribution is -0.144. The van der Waals surface area contributed by atoms with Crippen molar-refractivity contribution in [3.8, 4) is 34.6 Å². The average Bonchev–Trinajstić information content (AvgIpc) is 2.66. The van der Waals surface area contributed by atoms with Crippen molar-refractivity contribution in [1.82, 2.24) is 9.97 Å². The molecule has 1 heterocycles. The summed E-state index contributed by atoms with van der Waals surface area (Å²) in [5, 5.41) is 18.7. The number of hydrogen-bond donors (Lipinski definition) is 2. The molecular weight excluding hydrogens is 374 g/mol. The fraction of sp³-hybridized carbons (Fsp3) is 0.294. The molecule has 2 aromatic rings. The van der Waals surface area contributed by atoms with Gasteiger partial charge in [0.15, 0.2) is 22.8 Å². The van der Waals surface area contributed by atoms with Gasteiger partial charge in [-0.1, -0.05) is 11.8 Å². The van der Waals surface area contributed by atoms with E-state index in [1.165, 1.54) is 45.0 Å². The number of hydrogen-bond acceptors (Lipinski definition) is 8. The van der Waals surface area contributed by atoms with Gasteiger partial charge in [0, 0.05) is 5.56 Å². The number of ether oxygens (including phenoxy) is 3. The van der Waals surface area contributed by atoms with Gasteiger partial charge in [-0.05, 0) is 25.3 Å². The van der Waals surface area contributed by atoms with Gasteiger partial charge in [-0.3, -0.25) is 4.79 Å². The van der Waals surface area contributed by atoms with Crippen molar-refractivity contribution in [3.05, 3.63) is 28.0 Å². The van der Waals surface area contributed by atoms with E-state index in [2.05, 4.69) is 9.97 Å². The standard InChI is InChI=1S/C17H17N3O6S/c1-8(16(22)23)26-14-11(24-2)5-9(6-12(14)25-3)13-10(7-18)15(21)20-17(19-13)27-4/h5-6,8H,1-4H3,(H,22,23)(H,19,20,21). The van der Waals surface area contributed by atoms with Crippen molar-refractivity contribution >= 4 is 17.7 Å². The van der Waals surface area contributed by atoms with Gasteiger partial charge in [0.2, 0.25) is 5.75 Å². The third-order valence-corrected chi connectivity index (χ3v) is 4.16. The Morgan fingerprint density at radius 3 is 2.37 bits per heavy atom. The lowest BCUT2D eigenvalue weighted by Gasteiger charge is -2.18. The van der Waals surface area contributed by atoms with E-state index in [0.29, 0.717) is 10.7 Å². The summed E-state index contributed by atoms with van der Waals surface area (Å²) in [4.78, 5) is 30.0. The van der Waals surface area contributed by atoms with Crippen LogP contribution in [0.3, 0.4) is 0 Å². The molecule has 0 saturated heterocycles. The Labute approximate surface area is 158 Å². The summed E-state index contributed by atoms with van der Waals surface area (Å²) in [6, 6.07) is 4.84. The van der Waals surface area contributed by atoms with Crippen LogP contribution in [0.25, 0.3) is 11.3 Å². The molecule has 2 N–H and O–H groups in total. The molecule has 142 valence electrons. The quantitative estimate of drug-likeness (QED) is 0.536. The highest BCUT2D eigenvalue weighted by Crippen LogP contribution is 2.42. The normalized spacial score (nSPS) is 11.4. The first kappa shape index (κ1) is 20.1. The molecule has 27 heavy (non-hydrogen) atoms. The number of aromatic nitrogens is 2. The van der Waals surface area contributed by atoms with Crippen LogP contribution in [0.15, 0.2) is 22.1 Å². The number of rotatable bonds is 7. The molecule has 1 atom stereocenters. The molecule has 2 rings (SSSR count). The maximum Gasteiger partial charge on any atom is 0.344 e. The number of nitriles is 1. The van der Waals surface area contributed by atoms with E-state index in [1.54, 1.807) is 6.26 Å². The molecule has 1 aromatic heterocycles. The third-order valence-electron chi connectivity index (χ3n) is 3.58. The summed E-state index contributed by atoms with van der Waals surface area (Å²) in [5.74, 6) is -0.717. The largest absolute Gasteiger partial charge is 0.493 e. The fourth-order valence-electron chi connectivity index (χ4n) is 2.22. The number of thioether (sulfide) groups is 1. The smallest absolute Gasteiger partial charge is 0.344 e. The van der Waals surface area contributed by atoms with Crippen LogP contribution in [0, 0.1) is 11.3 Å². The minimum atomic E-state index is -1.16. The monoisotopic (exact) mass is 391 g/mol. The molecule has 0 aliphatic carbocycles. The summed E-state index contributed by atoms with van der Waals surface area (Å²) in [7, 11) is 2.75. The Bertz CT molecular complexity index is 941. The second-order valence-electron chi connectivity index (χ2n) is 5.22. The van der Waals surface area contributed by atoms with E-state index in [4.69, 9.17) is 19.3 Å². The molecule has 10 heteroatoms. The molecule has 0 aliphatic rings. The number of methoxy groups -OCH3 is 2. The molecule has 0 radical (unpaired) electrons. The van der Waals surface area contributed by atoms with Crippen molar-refractivity contribution in [2.24, 2.45) is 0 Å². The number of carboxylic acid groups (broad SMARTS) is 1. The number of carbonyl (C=O) groups is 1. The van der Waals surface area contributed by atoms with Crippen LogP contribution in [0.1, 0.15) is 12.5 Å². The molecule has 1 aromatic carbocycles. The van der Waals surface area contributed by atoms with Crippen molar-refractivity contribution in [2.75, 3.05) is 20.5 Å². The SMILES string of the molecule is COc1cc(-c2nc(SC)[nH]c(=O)c2C#N)cc(OC)c1OC(C)C(=O)O. The number of H-pyrrole nitrogens is 1. The van der Waals surface area contributed by atoms with E-state index in [-0.39, 0.29) is 28.5 Å². The van der Waals surface area contributed by atoms with E-state index >= 15 is 0 Å². The molecule has 0 saturated carbocycles. The van der Waals surface area contributed by atoms with Crippen LogP contribution in [0.4, 0.5) is 0 Å². The van der Waals surface area contributed by atoms with Gasteiger partial charge in [0.1, 0.15) is 11.6 Å². The molecule has 9 nitrogen and oxygen atoms in total. The van der Waals surface area contributed by atoms with Crippen molar-refractivity contribution in [3.63, 3.8) is 0 Å². The number of nitrogens with one attached hydrogen (secondary N) is 1. The number of aromatic amines is 1. The second-order valence-corrected chi connectivity index (χ2v) is 6.01. The number of carboxylic acids is 1. The van der Waals surface area contributed by atoms with Crippen LogP contribution in [0.2, 0.25) is 0 Å². The first-order valence-corrected chi connectivity index (χ1v) is 8.83. The first-order chi connectivity index (χ1) is 12.9. The topological polar surface area (TPSA) is 135 Å². The Hall–Kier alpha value is -3.19. The van der Waals surface area contributed by atoms with Gasteiger partial charge in [-0.25, -0.2) is 9.78 Å². The number of benzene rings is 1. The lowest BCUT2D eigenvalue weighted by atomic mass is 10.1. The highest BCUT2D eigenvalue weighted by atomic mass is 32.2. The van der Waals surface area contributed by atoms with Gasteiger partial charge in [0.05, 0.1) is 19.9 Å². The van der Waals surface area contributed by atoms with Crippen LogP contribution >= 0.6 is 11.8 Å². The molecular formula is C17H17N3O6S. The van der Waals surface area contributed by atoms with E-state index in [0.717, 1.165) is 0 Å². The number of aliphatic carboxylic acids is 1. The maximum atomic E-state index is 12.1. The zero-order valence-corrected chi connectivity index (χ0v) is 15.8. The van der Waals surface area contributed by atoms with E-state index < -0.39 is 17.6 Å². The van der Waals surface area contributed by atoms with Crippen LogP contribution < -0.4 is 19.8 Å². The van der Waals surface area contributed by atoms with Gasteiger partial charge >= 0.3 is 5.97 Å². The average molecular weight is 391 g/mol. The van der Waals surface area contributed by atoms with Crippen LogP contribution in [-0.4, -0.2) is 47.6 Å². The predicted molar refractivity (Wildman–Crippen MR) is 97.6 cm³/mol. The molecule has 0 bridgehead atoms. The maximum absolute atomic E-state index is 12.1. The van der Waals surface area contributed by atoms with Crippen molar-refractivity contribution < 1.29 is 24.1 Å².